The number of benzene rings is 3. The third-order valence-electron chi connectivity index (χ3n) is 8.07. The van der Waals surface area contributed by atoms with Crippen LogP contribution in [0.15, 0.2) is 66.7 Å². The Morgan fingerprint density at radius 2 is 1.80 bits per heavy atom. The third kappa shape index (κ3) is 6.27. The number of piperidine rings is 1. The molecule has 2 heterocycles. The topological polar surface area (TPSA) is 70.7 Å². The van der Waals surface area contributed by atoms with E-state index >= 15 is 0 Å². The molecule has 2 aliphatic heterocycles. The molecule has 2 atom stereocenters. The number of nitrogens with one attached hydrogen (secondary N) is 2. The average Bonchev–Trinajstić information content (AvgIpc) is 2.95. The summed E-state index contributed by atoms with van der Waals surface area (Å²) in [5.41, 5.74) is 2.30. The van der Waals surface area contributed by atoms with Crippen LogP contribution in [0.4, 0.5) is 14.9 Å². The van der Waals surface area contributed by atoms with Crippen LogP contribution in [0.1, 0.15) is 55.2 Å². The van der Waals surface area contributed by atoms with Crippen LogP contribution in [0.5, 0.6) is 0 Å². The predicted octanol–water partition coefficient (Wildman–Crippen LogP) is 7.25. The molecule has 0 radical (unpaired) electrons. The van der Waals surface area contributed by atoms with Gasteiger partial charge in [-0.1, -0.05) is 59.6 Å². The molecule has 3 aromatic carbocycles. The van der Waals surface area contributed by atoms with Crippen molar-refractivity contribution in [2.75, 3.05) is 18.4 Å². The Kier molecular flexibility index (Phi) is 8.64. The number of anilines is 1. The fourth-order valence-corrected chi connectivity index (χ4v) is 6.05. The summed E-state index contributed by atoms with van der Waals surface area (Å²) in [6, 6.07) is 19.7. The summed E-state index contributed by atoms with van der Waals surface area (Å²) in [6.07, 6.45) is 2.01. The highest BCUT2D eigenvalue weighted by molar-refractivity contribution is 6.42. The van der Waals surface area contributed by atoms with E-state index in [0.29, 0.717) is 60.2 Å². The minimum Gasteiger partial charge on any atom is -0.438 e. The van der Waals surface area contributed by atoms with Gasteiger partial charge in [0.05, 0.1) is 21.7 Å². The number of fused-ring (bicyclic) bond motifs is 2. The summed E-state index contributed by atoms with van der Waals surface area (Å²) in [5, 5.41) is 6.63. The zero-order valence-electron chi connectivity index (χ0n) is 22.3. The molecule has 6 nitrogen and oxygen atoms in total. The second-order valence-electron chi connectivity index (χ2n) is 10.6. The van der Waals surface area contributed by atoms with Gasteiger partial charge in [0.25, 0.3) is 0 Å². The molecule has 1 saturated heterocycles. The SMILES string of the molecule is CC(CCC(C(=O)NCc1ccccc1)c1ccc(Cl)c(Cl)c1)N1CCC2(CC1)OC(=O)Nc1ccc(F)cc12. The third-order valence-corrected chi connectivity index (χ3v) is 8.81. The summed E-state index contributed by atoms with van der Waals surface area (Å²) < 4.78 is 19.9. The number of carbonyl (C=O) groups excluding carboxylic acids is 2. The van der Waals surface area contributed by atoms with Crippen molar-refractivity contribution in [3.8, 4) is 0 Å². The monoisotopic (exact) mass is 583 g/mol. The highest BCUT2D eigenvalue weighted by atomic mass is 35.5. The fraction of sp³-hybridized carbons (Fsp3) is 0.355. The van der Waals surface area contributed by atoms with Gasteiger partial charge in [-0.05, 0) is 61.2 Å². The fourth-order valence-electron chi connectivity index (χ4n) is 5.74. The van der Waals surface area contributed by atoms with Crippen LogP contribution >= 0.6 is 23.2 Å². The largest absolute Gasteiger partial charge is 0.438 e. The van der Waals surface area contributed by atoms with Crippen molar-refractivity contribution in [1.29, 1.82) is 0 Å². The normalized spacial score (nSPS) is 17.9. The lowest BCUT2D eigenvalue weighted by molar-refractivity contribution is -0.123. The molecular weight excluding hydrogens is 552 g/mol. The van der Waals surface area contributed by atoms with Gasteiger partial charge < -0.3 is 15.0 Å². The molecule has 1 spiro atoms. The molecular formula is C31H32Cl2FN3O3. The van der Waals surface area contributed by atoms with Crippen molar-refractivity contribution >= 4 is 40.9 Å². The molecule has 3 aromatic rings. The van der Waals surface area contributed by atoms with Crippen LogP contribution in [-0.2, 0) is 21.7 Å². The molecule has 0 saturated carbocycles. The number of ether oxygens (including phenoxy) is 1. The van der Waals surface area contributed by atoms with Crippen molar-refractivity contribution in [3.05, 3.63) is 99.3 Å². The zero-order valence-corrected chi connectivity index (χ0v) is 23.8. The minimum atomic E-state index is -0.837. The van der Waals surface area contributed by atoms with E-state index < -0.39 is 17.6 Å². The molecule has 0 bridgehead atoms. The smallest absolute Gasteiger partial charge is 0.412 e. The number of amides is 2. The molecule has 2 unspecified atom stereocenters. The van der Waals surface area contributed by atoms with Crippen LogP contribution in [-0.4, -0.2) is 36.0 Å². The minimum absolute atomic E-state index is 0.0627. The van der Waals surface area contributed by atoms with Crippen molar-refractivity contribution in [2.24, 2.45) is 0 Å². The molecule has 0 aliphatic carbocycles. The molecule has 2 aliphatic rings. The Morgan fingerprint density at radius 1 is 1.05 bits per heavy atom. The maximum Gasteiger partial charge on any atom is 0.412 e. The summed E-state index contributed by atoms with van der Waals surface area (Å²) in [7, 11) is 0. The number of hydrogen-bond donors (Lipinski definition) is 2. The Balaban J connectivity index is 1.25. The van der Waals surface area contributed by atoms with Gasteiger partial charge in [-0.15, -0.1) is 0 Å². The van der Waals surface area contributed by atoms with Gasteiger partial charge in [0, 0.05) is 44.1 Å². The van der Waals surface area contributed by atoms with E-state index in [1.165, 1.54) is 12.1 Å². The average molecular weight is 585 g/mol. The maximum absolute atomic E-state index is 14.1. The lowest BCUT2D eigenvalue weighted by Crippen LogP contribution is -2.50. The van der Waals surface area contributed by atoms with E-state index in [1.807, 2.05) is 36.4 Å². The molecule has 9 heteroatoms. The number of hydrogen-bond acceptors (Lipinski definition) is 4. The van der Waals surface area contributed by atoms with Gasteiger partial charge in [0.1, 0.15) is 11.4 Å². The van der Waals surface area contributed by atoms with E-state index in [-0.39, 0.29) is 17.8 Å². The van der Waals surface area contributed by atoms with E-state index in [9.17, 15) is 14.0 Å². The Bertz CT molecular complexity index is 1380. The van der Waals surface area contributed by atoms with Crippen LogP contribution in [0.3, 0.4) is 0 Å². The van der Waals surface area contributed by atoms with Gasteiger partial charge in [-0.2, -0.15) is 0 Å². The van der Waals surface area contributed by atoms with Crippen molar-refractivity contribution in [2.45, 2.75) is 56.7 Å². The summed E-state index contributed by atoms with van der Waals surface area (Å²) >= 11 is 12.5. The number of likely N-dealkylation sites (tertiary alicyclic amines) is 1. The zero-order chi connectivity index (χ0) is 28.3. The van der Waals surface area contributed by atoms with Crippen LogP contribution in [0.2, 0.25) is 10.0 Å². The van der Waals surface area contributed by atoms with Crippen LogP contribution in [0.25, 0.3) is 0 Å². The van der Waals surface area contributed by atoms with E-state index in [4.69, 9.17) is 27.9 Å². The van der Waals surface area contributed by atoms with Gasteiger partial charge in [-0.3, -0.25) is 10.1 Å². The first-order valence-corrected chi connectivity index (χ1v) is 14.3. The Labute approximate surface area is 243 Å². The van der Waals surface area contributed by atoms with E-state index in [1.54, 1.807) is 18.2 Å². The summed E-state index contributed by atoms with van der Waals surface area (Å²) in [4.78, 5) is 28.0. The lowest BCUT2D eigenvalue weighted by Gasteiger charge is -2.45. The number of halogens is 3. The standard InChI is InChI=1S/C31H32Cl2FN3O3/c1-20(37-15-13-31(14-16-37)25-18-23(34)9-12-28(25)36-30(39)40-31)7-10-24(22-8-11-26(32)27(33)17-22)29(38)35-19-21-5-3-2-4-6-21/h2-6,8-9,11-12,17-18,20,24H,7,10,13-16,19H2,1H3,(H,35,38)(H,36,39). The van der Waals surface area contributed by atoms with E-state index in [2.05, 4.69) is 22.5 Å². The Morgan fingerprint density at radius 3 is 2.52 bits per heavy atom. The van der Waals surface area contributed by atoms with Gasteiger partial charge in [-0.25, -0.2) is 9.18 Å². The first-order chi connectivity index (χ1) is 19.2. The predicted molar refractivity (Wildman–Crippen MR) is 155 cm³/mol. The molecule has 1 fully saturated rings. The van der Waals surface area contributed by atoms with Crippen molar-refractivity contribution < 1.29 is 18.7 Å². The summed E-state index contributed by atoms with van der Waals surface area (Å²) in [5.74, 6) is -0.808. The molecule has 210 valence electrons. The molecule has 40 heavy (non-hydrogen) atoms. The number of carbonyl (C=O) groups is 2. The second kappa shape index (κ2) is 12.2. The van der Waals surface area contributed by atoms with Crippen LogP contribution in [0, 0.1) is 5.82 Å². The first-order valence-electron chi connectivity index (χ1n) is 13.5. The number of nitrogens with zero attached hydrogens (tertiary/aromatic N) is 1. The summed E-state index contributed by atoms with van der Waals surface area (Å²) in [6.45, 7) is 3.95. The lowest BCUT2D eigenvalue weighted by atomic mass is 9.81. The molecule has 2 amide bonds. The molecule has 0 aromatic heterocycles. The Hall–Kier alpha value is -3.13. The quantitative estimate of drug-likeness (QED) is 0.293. The first kappa shape index (κ1) is 28.4. The molecule has 5 rings (SSSR count). The van der Waals surface area contributed by atoms with Gasteiger partial charge >= 0.3 is 6.09 Å². The van der Waals surface area contributed by atoms with Crippen LogP contribution < -0.4 is 10.6 Å². The van der Waals surface area contributed by atoms with Gasteiger partial charge in [0.15, 0.2) is 0 Å². The van der Waals surface area contributed by atoms with Gasteiger partial charge in [0.2, 0.25) is 5.91 Å². The highest BCUT2D eigenvalue weighted by Gasteiger charge is 2.45. The number of rotatable bonds is 8. The maximum atomic E-state index is 14.1. The molecule has 2 N–H and O–H groups in total. The van der Waals surface area contributed by atoms with Crippen molar-refractivity contribution in [3.63, 3.8) is 0 Å². The van der Waals surface area contributed by atoms with Crippen molar-refractivity contribution in [1.82, 2.24) is 10.2 Å². The highest BCUT2D eigenvalue weighted by Crippen LogP contribution is 2.44. The van der Waals surface area contributed by atoms with E-state index in [0.717, 1.165) is 17.5 Å². The second-order valence-corrected chi connectivity index (χ2v) is 11.4.